The summed E-state index contributed by atoms with van der Waals surface area (Å²) in [4.78, 5) is 7.85. The molecule has 0 aliphatic rings. The van der Waals surface area contributed by atoms with E-state index in [2.05, 4.69) is 25.9 Å². The van der Waals surface area contributed by atoms with Crippen molar-refractivity contribution in [3.05, 3.63) is 58.6 Å². The summed E-state index contributed by atoms with van der Waals surface area (Å²) in [5, 5.41) is 9.99. The summed E-state index contributed by atoms with van der Waals surface area (Å²) in [7, 11) is 0. The lowest BCUT2D eigenvalue weighted by Gasteiger charge is -2.10. The smallest absolute Gasteiger partial charge is 0.115 e. The Morgan fingerprint density at radius 3 is 2.75 bits per heavy atom. The molecule has 1 unspecified atom stereocenters. The maximum absolute atomic E-state index is 9.99. The third-order valence-corrected chi connectivity index (χ3v) is 3.09. The first-order valence-electron chi connectivity index (χ1n) is 4.95. The molecule has 0 saturated carbocycles. The molecule has 1 aromatic heterocycles. The zero-order valence-electron chi connectivity index (χ0n) is 8.55. The number of hydrogen-bond donors (Lipinski definition) is 1. The van der Waals surface area contributed by atoms with E-state index in [0.29, 0.717) is 12.1 Å². The van der Waals surface area contributed by atoms with Crippen LogP contribution < -0.4 is 0 Å². The highest BCUT2D eigenvalue weighted by atomic mass is 79.9. The van der Waals surface area contributed by atoms with Crippen LogP contribution in [0, 0.1) is 0 Å². The van der Waals surface area contributed by atoms with Crippen molar-refractivity contribution in [3.8, 4) is 0 Å². The van der Waals surface area contributed by atoms with Gasteiger partial charge in [-0.25, -0.2) is 9.97 Å². The Balaban J connectivity index is 2.14. The highest BCUT2D eigenvalue weighted by Crippen LogP contribution is 2.22. The van der Waals surface area contributed by atoms with Crippen LogP contribution in [0.1, 0.15) is 17.4 Å². The molecule has 3 nitrogen and oxygen atoms in total. The minimum absolute atomic E-state index is 0.540. The zero-order chi connectivity index (χ0) is 11.4. The highest BCUT2D eigenvalue weighted by molar-refractivity contribution is 9.10. The Morgan fingerprint density at radius 1 is 1.25 bits per heavy atom. The summed E-state index contributed by atoms with van der Waals surface area (Å²) in [6.45, 7) is 0. The van der Waals surface area contributed by atoms with Crippen LogP contribution in [-0.4, -0.2) is 15.1 Å². The lowest BCUT2D eigenvalue weighted by Crippen LogP contribution is -2.04. The molecule has 0 saturated heterocycles. The lowest BCUT2D eigenvalue weighted by atomic mass is 10.1. The molecule has 0 amide bonds. The monoisotopic (exact) mass is 278 g/mol. The van der Waals surface area contributed by atoms with E-state index in [9.17, 15) is 5.11 Å². The van der Waals surface area contributed by atoms with Crippen LogP contribution in [0.5, 0.6) is 0 Å². The predicted molar refractivity (Wildman–Crippen MR) is 64.8 cm³/mol. The summed E-state index contributed by atoms with van der Waals surface area (Å²) in [5.74, 6) is 0. The molecule has 1 aromatic carbocycles. The van der Waals surface area contributed by atoms with Gasteiger partial charge in [0.1, 0.15) is 12.4 Å². The van der Waals surface area contributed by atoms with Crippen LogP contribution in [0.3, 0.4) is 0 Å². The summed E-state index contributed by atoms with van der Waals surface area (Å²) < 4.78 is 1.00. The first kappa shape index (κ1) is 11.2. The van der Waals surface area contributed by atoms with Crippen LogP contribution >= 0.6 is 15.9 Å². The molecule has 0 spiro atoms. The number of benzene rings is 1. The molecule has 1 N–H and O–H groups in total. The lowest BCUT2D eigenvalue weighted by molar-refractivity contribution is 0.173. The largest absolute Gasteiger partial charge is 0.386 e. The summed E-state index contributed by atoms with van der Waals surface area (Å²) >= 11 is 3.45. The van der Waals surface area contributed by atoms with Crippen molar-refractivity contribution in [3.63, 3.8) is 0 Å². The van der Waals surface area contributed by atoms with E-state index >= 15 is 0 Å². The second-order valence-corrected chi connectivity index (χ2v) is 4.30. The molecule has 4 heteroatoms. The van der Waals surface area contributed by atoms with Crippen molar-refractivity contribution in [2.75, 3.05) is 0 Å². The molecule has 1 heterocycles. The van der Waals surface area contributed by atoms with Gasteiger partial charge in [0.25, 0.3) is 0 Å². The van der Waals surface area contributed by atoms with Gasteiger partial charge in [-0.3, -0.25) is 0 Å². The van der Waals surface area contributed by atoms with E-state index in [1.54, 1.807) is 12.3 Å². The first-order chi connectivity index (χ1) is 7.77. The van der Waals surface area contributed by atoms with Gasteiger partial charge in [0, 0.05) is 17.1 Å². The molecule has 2 aromatic rings. The van der Waals surface area contributed by atoms with Gasteiger partial charge in [-0.1, -0.05) is 34.1 Å². The highest BCUT2D eigenvalue weighted by Gasteiger charge is 2.11. The fraction of sp³-hybridized carbons (Fsp3) is 0.167. The maximum atomic E-state index is 9.99. The number of nitrogens with zero attached hydrogens (tertiary/aromatic N) is 2. The molecule has 0 radical (unpaired) electrons. The molecule has 2 rings (SSSR count). The van der Waals surface area contributed by atoms with Crippen LogP contribution in [0.2, 0.25) is 0 Å². The van der Waals surface area contributed by atoms with Crippen molar-refractivity contribution in [2.24, 2.45) is 0 Å². The van der Waals surface area contributed by atoms with Crippen molar-refractivity contribution in [1.29, 1.82) is 0 Å². The molecule has 0 bridgehead atoms. The van der Waals surface area contributed by atoms with E-state index in [4.69, 9.17) is 0 Å². The Bertz CT molecular complexity index is 462. The van der Waals surface area contributed by atoms with Crippen LogP contribution in [-0.2, 0) is 6.42 Å². The molecule has 82 valence electrons. The Kier molecular flexibility index (Phi) is 3.64. The van der Waals surface area contributed by atoms with Gasteiger partial charge in [-0.15, -0.1) is 0 Å². The van der Waals surface area contributed by atoms with Gasteiger partial charge in [0.2, 0.25) is 0 Å². The van der Waals surface area contributed by atoms with Crippen molar-refractivity contribution >= 4 is 15.9 Å². The van der Waals surface area contributed by atoms with Crippen molar-refractivity contribution < 1.29 is 5.11 Å². The summed E-state index contributed by atoms with van der Waals surface area (Å²) in [5.41, 5.74) is 1.71. The Morgan fingerprint density at radius 2 is 2.06 bits per heavy atom. The molecule has 0 aliphatic heterocycles. The fourth-order valence-electron chi connectivity index (χ4n) is 1.47. The van der Waals surface area contributed by atoms with Crippen molar-refractivity contribution in [1.82, 2.24) is 9.97 Å². The predicted octanol–water partition coefficient (Wildman–Crippen LogP) is 2.52. The average Bonchev–Trinajstić information content (AvgIpc) is 2.33. The molecular weight excluding hydrogens is 268 g/mol. The van der Waals surface area contributed by atoms with Gasteiger partial charge in [0.05, 0.1) is 5.69 Å². The number of rotatable bonds is 3. The second-order valence-electron chi connectivity index (χ2n) is 3.45. The minimum atomic E-state index is -0.596. The number of aliphatic hydroxyl groups is 1. The average molecular weight is 279 g/mol. The standard InChI is InChI=1S/C12H11BrN2O/c13-10-4-2-1-3-9(10)7-12(16)11-5-6-14-8-15-11/h1-6,8,12,16H,7H2. The van der Waals surface area contributed by atoms with Gasteiger partial charge < -0.3 is 5.11 Å². The third kappa shape index (κ3) is 2.65. The van der Waals surface area contributed by atoms with E-state index in [1.165, 1.54) is 6.33 Å². The SMILES string of the molecule is OC(Cc1ccccc1Br)c1ccncn1. The molecular formula is C12H11BrN2O. The summed E-state index contributed by atoms with van der Waals surface area (Å²) in [6, 6.07) is 9.56. The number of hydrogen-bond acceptors (Lipinski definition) is 3. The summed E-state index contributed by atoms with van der Waals surface area (Å²) in [6.07, 6.45) is 3.02. The molecule has 16 heavy (non-hydrogen) atoms. The number of aliphatic hydroxyl groups excluding tert-OH is 1. The van der Waals surface area contributed by atoms with Gasteiger partial charge in [0.15, 0.2) is 0 Å². The topological polar surface area (TPSA) is 46.0 Å². The quantitative estimate of drug-likeness (QED) is 0.939. The van der Waals surface area contributed by atoms with E-state index < -0.39 is 6.10 Å². The first-order valence-corrected chi connectivity index (χ1v) is 5.74. The minimum Gasteiger partial charge on any atom is -0.386 e. The number of halogens is 1. The normalized spacial score (nSPS) is 12.4. The van der Waals surface area contributed by atoms with Gasteiger partial charge in [-0.2, -0.15) is 0 Å². The van der Waals surface area contributed by atoms with E-state index in [-0.39, 0.29) is 0 Å². The van der Waals surface area contributed by atoms with Gasteiger partial charge >= 0.3 is 0 Å². The van der Waals surface area contributed by atoms with Gasteiger partial charge in [-0.05, 0) is 17.7 Å². The zero-order valence-corrected chi connectivity index (χ0v) is 10.1. The fourth-order valence-corrected chi connectivity index (χ4v) is 1.92. The Labute approximate surface area is 102 Å². The van der Waals surface area contributed by atoms with Crippen LogP contribution in [0.15, 0.2) is 47.3 Å². The van der Waals surface area contributed by atoms with Crippen LogP contribution in [0.25, 0.3) is 0 Å². The van der Waals surface area contributed by atoms with Crippen LogP contribution in [0.4, 0.5) is 0 Å². The maximum Gasteiger partial charge on any atom is 0.115 e. The molecule has 1 atom stereocenters. The molecule has 0 fully saturated rings. The Hall–Kier alpha value is -1.26. The second kappa shape index (κ2) is 5.18. The number of aromatic nitrogens is 2. The van der Waals surface area contributed by atoms with Crippen molar-refractivity contribution in [2.45, 2.75) is 12.5 Å². The third-order valence-electron chi connectivity index (χ3n) is 2.32. The van der Waals surface area contributed by atoms with E-state index in [1.807, 2.05) is 24.3 Å². The molecule has 0 aliphatic carbocycles. The van der Waals surface area contributed by atoms with E-state index in [0.717, 1.165) is 10.0 Å².